The minimum atomic E-state index is -0.492. The highest BCUT2D eigenvalue weighted by atomic mass is 32.2. The van der Waals surface area contributed by atoms with Crippen molar-refractivity contribution in [2.45, 2.75) is 30.1 Å². The zero-order valence-electron chi connectivity index (χ0n) is 15.2. The molecule has 27 heavy (non-hydrogen) atoms. The number of aliphatic hydroxyl groups excluding tert-OH is 1. The summed E-state index contributed by atoms with van der Waals surface area (Å²) in [7, 11) is 0. The van der Waals surface area contributed by atoms with Gasteiger partial charge in [0.2, 0.25) is 5.78 Å². The summed E-state index contributed by atoms with van der Waals surface area (Å²) in [6.45, 7) is 3.37. The molecule has 0 spiro atoms. The van der Waals surface area contributed by atoms with Gasteiger partial charge in [-0.15, -0.1) is 0 Å². The van der Waals surface area contributed by atoms with E-state index in [1.54, 1.807) is 31.2 Å². The molecule has 0 fully saturated rings. The Balaban J connectivity index is 2.15. The summed E-state index contributed by atoms with van der Waals surface area (Å²) in [4.78, 5) is 30.2. The summed E-state index contributed by atoms with van der Waals surface area (Å²) < 4.78 is 5.34. The van der Waals surface area contributed by atoms with Gasteiger partial charge in [0.1, 0.15) is 18.1 Å². The van der Waals surface area contributed by atoms with E-state index in [2.05, 4.69) is 9.99 Å². The summed E-state index contributed by atoms with van der Waals surface area (Å²) in [6, 6.07) is 14.5. The quantitative estimate of drug-likeness (QED) is 0.305. The highest BCUT2D eigenvalue weighted by Gasteiger charge is 2.16. The molecular formula is C20H21NO5S. The maximum atomic E-state index is 12.6. The van der Waals surface area contributed by atoms with Crippen molar-refractivity contribution in [1.82, 2.24) is 0 Å². The van der Waals surface area contributed by atoms with Gasteiger partial charge in [-0.2, -0.15) is 0 Å². The molecule has 0 radical (unpaired) electrons. The Morgan fingerprint density at radius 2 is 1.81 bits per heavy atom. The number of rotatable bonds is 9. The van der Waals surface area contributed by atoms with E-state index >= 15 is 0 Å². The predicted molar refractivity (Wildman–Crippen MR) is 103 cm³/mol. The summed E-state index contributed by atoms with van der Waals surface area (Å²) in [6.07, 6.45) is 0.190. The Morgan fingerprint density at radius 3 is 2.48 bits per heavy atom. The van der Waals surface area contributed by atoms with Gasteiger partial charge < -0.3 is 14.7 Å². The van der Waals surface area contributed by atoms with Gasteiger partial charge in [0, 0.05) is 21.8 Å². The molecular weight excluding hydrogens is 366 g/mol. The number of ether oxygens (including phenoxy) is 1. The number of carbonyl (C=O) groups is 2. The van der Waals surface area contributed by atoms with Crippen LogP contribution in [-0.4, -0.2) is 35.8 Å². The molecule has 142 valence electrons. The van der Waals surface area contributed by atoms with Gasteiger partial charge in [0.15, 0.2) is 0 Å². The molecule has 0 unspecified atom stereocenters. The van der Waals surface area contributed by atoms with Crippen LogP contribution < -0.4 is 4.74 Å². The molecule has 2 aromatic carbocycles. The van der Waals surface area contributed by atoms with Crippen molar-refractivity contribution in [3.8, 4) is 5.75 Å². The largest absolute Gasteiger partial charge is 0.491 e. The molecule has 0 amide bonds. The zero-order valence-corrected chi connectivity index (χ0v) is 16.0. The van der Waals surface area contributed by atoms with Crippen LogP contribution in [0.4, 0.5) is 0 Å². The Morgan fingerprint density at radius 1 is 1.11 bits per heavy atom. The first kappa shape index (κ1) is 20.7. The van der Waals surface area contributed by atoms with Crippen LogP contribution in [0.2, 0.25) is 0 Å². The summed E-state index contributed by atoms with van der Waals surface area (Å²) in [5.41, 5.74) is 0.592. The van der Waals surface area contributed by atoms with Crippen molar-refractivity contribution < 1.29 is 24.3 Å². The van der Waals surface area contributed by atoms with Crippen molar-refractivity contribution in [2.24, 2.45) is 5.16 Å². The van der Waals surface area contributed by atoms with Gasteiger partial charge in [0.25, 0.3) is 0 Å². The lowest BCUT2D eigenvalue weighted by Gasteiger charge is -2.09. The van der Waals surface area contributed by atoms with Crippen LogP contribution >= 0.6 is 11.8 Å². The van der Waals surface area contributed by atoms with E-state index in [0.29, 0.717) is 11.3 Å². The second-order valence-electron chi connectivity index (χ2n) is 5.46. The van der Waals surface area contributed by atoms with Crippen molar-refractivity contribution in [2.75, 3.05) is 13.2 Å². The number of oxime groups is 1. The number of ketones is 1. The summed E-state index contributed by atoms with van der Waals surface area (Å²) in [5.74, 6) is -0.128. The second-order valence-corrected chi connectivity index (χ2v) is 6.58. The van der Waals surface area contributed by atoms with Crippen LogP contribution in [0.25, 0.3) is 0 Å². The first-order valence-electron chi connectivity index (χ1n) is 8.45. The van der Waals surface area contributed by atoms with Gasteiger partial charge in [-0.25, -0.2) is 4.79 Å². The Labute approximate surface area is 162 Å². The lowest BCUT2D eigenvalue weighted by atomic mass is 10.1. The molecule has 0 aromatic heterocycles. The van der Waals surface area contributed by atoms with Crippen LogP contribution in [0.5, 0.6) is 5.75 Å². The molecule has 0 atom stereocenters. The van der Waals surface area contributed by atoms with E-state index < -0.39 is 5.97 Å². The summed E-state index contributed by atoms with van der Waals surface area (Å²) in [5, 5.41) is 12.4. The van der Waals surface area contributed by atoms with Gasteiger partial charge in [-0.3, -0.25) is 4.79 Å². The van der Waals surface area contributed by atoms with E-state index in [1.165, 1.54) is 18.7 Å². The SMILES string of the molecule is CCC(=O)O/N=C(\C)C(=O)c1ccccc1Sc1ccc(OCCO)cc1. The monoisotopic (exact) mass is 387 g/mol. The predicted octanol–water partition coefficient (Wildman–Crippen LogP) is 3.72. The lowest BCUT2D eigenvalue weighted by Crippen LogP contribution is -2.13. The molecule has 2 aromatic rings. The molecule has 2 rings (SSSR count). The minimum absolute atomic E-state index is 0.0412. The standard InChI is InChI=1S/C20H21NO5S/c1-3-19(23)26-21-14(2)20(24)17-6-4-5-7-18(17)27-16-10-8-15(9-11-16)25-13-12-22/h4-11,22H,3,12-13H2,1-2H3/b21-14+. The Kier molecular flexibility index (Phi) is 8.03. The van der Waals surface area contributed by atoms with Gasteiger partial charge in [0.05, 0.1) is 6.61 Å². The lowest BCUT2D eigenvalue weighted by molar-refractivity contribution is -0.143. The number of nitrogens with zero attached hydrogens (tertiary/aromatic N) is 1. The minimum Gasteiger partial charge on any atom is -0.491 e. The average molecular weight is 387 g/mol. The first-order valence-corrected chi connectivity index (χ1v) is 9.26. The van der Waals surface area contributed by atoms with E-state index in [4.69, 9.17) is 9.84 Å². The fraction of sp³-hybridized carbons (Fsp3) is 0.250. The third kappa shape index (κ3) is 6.23. The number of hydrogen-bond acceptors (Lipinski definition) is 7. The maximum absolute atomic E-state index is 12.6. The van der Waals surface area contributed by atoms with E-state index in [-0.39, 0.29) is 31.1 Å². The number of benzene rings is 2. The molecule has 0 bridgehead atoms. The number of aliphatic hydroxyl groups is 1. The number of hydrogen-bond donors (Lipinski definition) is 1. The summed E-state index contributed by atoms with van der Waals surface area (Å²) >= 11 is 1.43. The molecule has 0 heterocycles. The third-order valence-corrected chi connectivity index (χ3v) is 4.53. The van der Waals surface area contributed by atoms with Crippen LogP contribution in [0.1, 0.15) is 30.6 Å². The molecule has 6 nitrogen and oxygen atoms in total. The van der Waals surface area contributed by atoms with Gasteiger partial charge in [-0.1, -0.05) is 36.0 Å². The average Bonchev–Trinajstić information content (AvgIpc) is 2.71. The van der Waals surface area contributed by atoms with E-state index in [0.717, 1.165) is 9.79 Å². The van der Waals surface area contributed by atoms with Crippen LogP contribution in [0.3, 0.4) is 0 Å². The molecule has 0 saturated carbocycles. The van der Waals surface area contributed by atoms with E-state index in [9.17, 15) is 9.59 Å². The van der Waals surface area contributed by atoms with Crippen molar-refractivity contribution in [3.05, 3.63) is 54.1 Å². The topological polar surface area (TPSA) is 85.2 Å². The van der Waals surface area contributed by atoms with E-state index in [1.807, 2.05) is 24.3 Å². The molecule has 0 aliphatic heterocycles. The smallest absolute Gasteiger partial charge is 0.334 e. The number of Topliss-reactive ketones (excluding diaryl/α,β-unsaturated/α-hetero) is 1. The van der Waals surface area contributed by atoms with Crippen LogP contribution in [0, 0.1) is 0 Å². The fourth-order valence-corrected chi connectivity index (χ4v) is 3.00. The first-order chi connectivity index (χ1) is 13.0. The highest BCUT2D eigenvalue weighted by molar-refractivity contribution is 7.99. The van der Waals surface area contributed by atoms with Gasteiger partial charge >= 0.3 is 5.97 Å². The molecule has 1 N–H and O–H groups in total. The van der Waals surface area contributed by atoms with Crippen molar-refractivity contribution in [1.29, 1.82) is 0 Å². The second kappa shape index (κ2) is 10.5. The van der Waals surface area contributed by atoms with Crippen molar-refractivity contribution >= 4 is 29.2 Å². The van der Waals surface area contributed by atoms with Gasteiger partial charge in [-0.05, 0) is 43.3 Å². The van der Waals surface area contributed by atoms with Crippen molar-refractivity contribution in [3.63, 3.8) is 0 Å². The Bertz CT molecular complexity index is 817. The van der Waals surface area contributed by atoms with Crippen LogP contribution in [0.15, 0.2) is 63.5 Å². The third-order valence-electron chi connectivity index (χ3n) is 3.44. The normalized spacial score (nSPS) is 11.1. The Hall–Kier alpha value is -2.64. The highest BCUT2D eigenvalue weighted by Crippen LogP contribution is 2.32. The molecule has 0 saturated heterocycles. The fourth-order valence-electron chi connectivity index (χ4n) is 2.06. The zero-order chi connectivity index (χ0) is 19.6. The maximum Gasteiger partial charge on any atom is 0.334 e. The molecule has 0 aliphatic carbocycles. The molecule has 7 heteroatoms. The molecule has 0 aliphatic rings. The number of carbonyl (C=O) groups excluding carboxylic acids is 2. The van der Waals surface area contributed by atoms with Crippen LogP contribution in [-0.2, 0) is 9.63 Å².